The quantitative estimate of drug-likeness (QED) is 0.640. The molecule has 142 valence electrons. The molecule has 0 radical (unpaired) electrons. The van der Waals surface area contributed by atoms with E-state index in [9.17, 15) is 9.59 Å². The van der Waals surface area contributed by atoms with Crippen molar-refractivity contribution in [2.75, 3.05) is 42.9 Å². The van der Waals surface area contributed by atoms with Crippen LogP contribution in [0.15, 0.2) is 18.5 Å². The summed E-state index contributed by atoms with van der Waals surface area (Å²) < 4.78 is 0. The Morgan fingerprint density at radius 1 is 1.22 bits per heavy atom. The zero-order valence-electron chi connectivity index (χ0n) is 15.0. The number of primary amides is 1. The maximum absolute atomic E-state index is 12.5. The van der Waals surface area contributed by atoms with Crippen LogP contribution in [0.5, 0.6) is 0 Å². The van der Waals surface area contributed by atoms with Crippen LogP contribution in [0.4, 0.5) is 10.9 Å². The number of hydrogen-bond donors (Lipinski definition) is 3. The van der Waals surface area contributed by atoms with Gasteiger partial charge in [-0.15, -0.1) is 11.3 Å². The standard InChI is InChI=1S/C18H22N6O2S/c19-16(26)15-12-3-1-4-13(12)27-17(15)22-14(25)11-23-7-9-24(10-8-23)18-20-5-2-6-21-18/h2,5-6H,1,3-4,7-11H2,(H2,19,26)(H,22,25)/p+1. The van der Waals surface area contributed by atoms with Crippen molar-refractivity contribution in [1.82, 2.24) is 9.97 Å². The zero-order chi connectivity index (χ0) is 18.8. The summed E-state index contributed by atoms with van der Waals surface area (Å²) in [7, 11) is 0. The van der Waals surface area contributed by atoms with Crippen LogP contribution in [0.3, 0.4) is 0 Å². The summed E-state index contributed by atoms with van der Waals surface area (Å²) in [6.07, 6.45) is 6.36. The van der Waals surface area contributed by atoms with Crippen LogP contribution in [0.1, 0.15) is 27.2 Å². The summed E-state index contributed by atoms with van der Waals surface area (Å²) in [6, 6.07) is 1.80. The number of hydrogen-bond acceptors (Lipinski definition) is 6. The lowest BCUT2D eigenvalue weighted by Crippen LogP contribution is -3.15. The van der Waals surface area contributed by atoms with Crippen LogP contribution in [-0.4, -0.2) is 54.5 Å². The minimum absolute atomic E-state index is 0.0724. The monoisotopic (exact) mass is 387 g/mol. The molecule has 1 saturated heterocycles. The molecule has 9 heteroatoms. The number of quaternary nitrogens is 1. The van der Waals surface area contributed by atoms with Crippen LogP contribution >= 0.6 is 11.3 Å². The smallest absolute Gasteiger partial charge is 0.280 e. The Bertz CT molecular complexity index is 845. The van der Waals surface area contributed by atoms with Crippen molar-refractivity contribution in [1.29, 1.82) is 0 Å². The van der Waals surface area contributed by atoms with Gasteiger partial charge in [0, 0.05) is 17.3 Å². The Hall–Kier alpha value is -2.52. The third-order valence-electron chi connectivity index (χ3n) is 5.14. The number of aryl methyl sites for hydroxylation is 1. The van der Waals surface area contributed by atoms with E-state index in [0.29, 0.717) is 17.1 Å². The number of amides is 2. The average Bonchev–Trinajstić information content (AvgIpc) is 3.23. The highest BCUT2D eigenvalue weighted by Gasteiger charge is 2.28. The lowest BCUT2D eigenvalue weighted by Gasteiger charge is -2.31. The molecule has 4 rings (SSSR count). The van der Waals surface area contributed by atoms with Crippen molar-refractivity contribution in [3.63, 3.8) is 0 Å². The zero-order valence-corrected chi connectivity index (χ0v) is 15.8. The summed E-state index contributed by atoms with van der Waals surface area (Å²) in [5.41, 5.74) is 7.11. The van der Waals surface area contributed by atoms with E-state index in [2.05, 4.69) is 20.2 Å². The number of carbonyl (C=O) groups is 2. The number of carbonyl (C=O) groups excluding carboxylic acids is 2. The molecule has 0 spiro atoms. The fraction of sp³-hybridized carbons (Fsp3) is 0.444. The van der Waals surface area contributed by atoms with E-state index < -0.39 is 5.91 Å². The van der Waals surface area contributed by atoms with Gasteiger partial charge in [0.05, 0.1) is 31.7 Å². The molecule has 3 heterocycles. The van der Waals surface area contributed by atoms with Gasteiger partial charge in [0.2, 0.25) is 5.95 Å². The topological polar surface area (TPSA) is 106 Å². The highest BCUT2D eigenvalue weighted by Crippen LogP contribution is 2.38. The van der Waals surface area contributed by atoms with Gasteiger partial charge >= 0.3 is 0 Å². The van der Waals surface area contributed by atoms with Crippen LogP contribution in [0.2, 0.25) is 0 Å². The van der Waals surface area contributed by atoms with Gasteiger partial charge in [-0.25, -0.2) is 9.97 Å². The predicted molar refractivity (Wildman–Crippen MR) is 103 cm³/mol. The number of piperazine rings is 1. The molecule has 2 aliphatic rings. The van der Waals surface area contributed by atoms with Crippen LogP contribution in [0.25, 0.3) is 0 Å². The molecule has 1 aliphatic heterocycles. The number of nitrogens with one attached hydrogen (secondary N) is 2. The largest absolute Gasteiger partial charge is 0.365 e. The van der Waals surface area contributed by atoms with E-state index in [4.69, 9.17) is 5.73 Å². The van der Waals surface area contributed by atoms with E-state index in [1.807, 2.05) is 0 Å². The van der Waals surface area contributed by atoms with Gasteiger partial charge in [-0.1, -0.05) is 0 Å². The number of nitrogens with zero attached hydrogens (tertiary/aromatic N) is 3. The Labute approximate surface area is 161 Å². The van der Waals surface area contributed by atoms with Crippen molar-refractivity contribution in [3.05, 3.63) is 34.5 Å². The first-order valence-electron chi connectivity index (χ1n) is 9.21. The molecule has 1 fully saturated rings. The van der Waals surface area contributed by atoms with E-state index in [0.717, 1.165) is 57.0 Å². The van der Waals surface area contributed by atoms with Gasteiger partial charge in [0.1, 0.15) is 5.00 Å². The normalized spacial score (nSPS) is 17.0. The third-order valence-corrected chi connectivity index (χ3v) is 6.34. The van der Waals surface area contributed by atoms with E-state index in [1.165, 1.54) is 21.1 Å². The van der Waals surface area contributed by atoms with Crippen LogP contribution < -0.4 is 20.9 Å². The molecule has 0 bridgehead atoms. The van der Waals surface area contributed by atoms with Gasteiger partial charge in [0.25, 0.3) is 11.8 Å². The minimum Gasteiger partial charge on any atom is -0.365 e. The number of aromatic nitrogens is 2. The summed E-state index contributed by atoms with van der Waals surface area (Å²) >= 11 is 1.50. The second-order valence-electron chi connectivity index (χ2n) is 6.94. The number of nitrogens with two attached hydrogens (primary N) is 1. The molecule has 4 N–H and O–H groups in total. The fourth-order valence-electron chi connectivity index (χ4n) is 3.81. The van der Waals surface area contributed by atoms with Gasteiger partial charge < -0.3 is 20.9 Å². The molecule has 0 saturated carbocycles. The summed E-state index contributed by atoms with van der Waals surface area (Å²) in [6.45, 7) is 3.69. The lowest BCUT2D eigenvalue weighted by atomic mass is 10.1. The van der Waals surface area contributed by atoms with E-state index >= 15 is 0 Å². The summed E-state index contributed by atoms with van der Waals surface area (Å²) in [5, 5.41) is 3.55. The second-order valence-corrected chi connectivity index (χ2v) is 8.04. The van der Waals surface area contributed by atoms with Gasteiger partial charge in [-0.05, 0) is 30.9 Å². The Balaban J connectivity index is 1.34. The first kappa shape index (κ1) is 17.9. The van der Waals surface area contributed by atoms with Crippen molar-refractivity contribution in [2.45, 2.75) is 19.3 Å². The molecule has 2 amide bonds. The Morgan fingerprint density at radius 3 is 2.67 bits per heavy atom. The highest BCUT2D eigenvalue weighted by molar-refractivity contribution is 7.17. The third kappa shape index (κ3) is 3.79. The van der Waals surface area contributed by atoms with Crippen LogP contribution in [0, 0.1) is 0 Å². The van der Waals surface area contributed by atoms with Crippen LogP contribution in [-0.2, 0) is 17.6 Å². The minimum atomic E-state index is -0.450. The first-order valence-corrected chi connectivity index (χ1v) is 10.0. The molecule has 0 unspecified atom stereocenters. The van der Waals surface area contributed by atoms with E-state index in [1.54, 1.807) is 18.5 Å². The summed E-state index contributed by atoms with van der Waals surface area (Å²) in [5.74, 6) is 0.213. The average molecular weight is 387 g/mol. The highest BCUT2D eigenvalue weighted by atomic mass is 32.1. The Kier molecular flexibility index (Phi) is 5.04. The maximum Gasteiger partial charge on any atom is 0.280 e. The van der Waals surface area contributed by atoms with Crippen molar-refractivity contribution in [2.24, 2.45) is 5.73 Å². The predicted octanol–water partition coefficient (Wildman–Crippen LogP) is -0.531. The SMILES string of the molecule is NC(=O)c1c(NC(=O)C[NH+]2CCN(c3ncccn3)CC2)sc2c1CCC2. The molecule has 27 heavy (non-hydrogen) atoms. The molecule has 2 aromatic rings. The lowest BCUT2D eigenvalue weighted by molar-refractivity contribution is -0.892. The van der Waals surface area contributed by atoms with Gasteiger partial charge in [-0.2, -0.15) is 0 Å². The molecule has 1 aliphatic carbocycles. The number of thiophene rings is 1. The van der Waals surface area contributed by atoms with Crippen molar-refractivity contribution in [3.8, 4) is 0 Å². The van der Waals surface area contributed by atoms with E-state index in [-0.39, 0.29) is 5.91 Å². The maximum atomic E-state index is 12.5. The molecule has 0 atom stereocenters. The molecule has 0 aromatic carbocycles. The number of rotatable bonds is 5. The first-order chi connectivity index (χ1) is 13.1. The second kappa shape index (κ2) is 7.61. The van der Waals surface area contributed by atoms with Crippen molar-refractivity contribution < 1.29 is 14.5 Å². The molecular formula is C18H23N6O2S+. The summed E-state index contributed by atoms with van der Waals surface area (Å²) in [4.78, 5) is 37.4. The molecule has 2 aromatic heterocycles. The molecular weight excluding hydrogens is 364 g/mol. The molecule has 8 nitrogen and oxygen atoms in total. The number of fused-ring (bicyclic) bond motifs is 1. The van der Waals surface area contributed by atoms with Gasteiger partial charge in [-0.3, -0.25) is 9.59 Å². The van der Waals surface area contributed by atoms with Crippen molar-refractivity contribution >= 4 is 34.1 Å². The fourth-order valence-corrected chi connectivity index (χ4v) is 5.12. The Morgan fingerprint density at radius 2 is 1.96 bits per heavy atom. The van der Waals surface area contributed by atoms with Gasteiger partial charge in [0.15, 0.2) is 6.54 Å². The number of anilines is 2.